The predicted molar refractivity (Wildman–Crippen MR) is 100 cm³/mol. The lowest BCUT2D eigenvalue weighted by atomic mass is 10.1. The van der Waals surface area contributed by atoms with Crippen LogP contribution in [-0.4, -0.2) is 35.9 Å². The third kappa shape index (κ3) is 4.63. The summed E-state index contributed by atoms with van der Waals surface area (Å²) in [6.07, 6.45) is 0.883. The number of carbonyl (C=O) groups is 3. The molecule has 1 saturated heterocycles. The molecule has 1 atom stereocenters. The average Bonchev–Trinajstić information content (AvgIpc) is 3.20. The lowest BCUT2D eigenvalue weighted by Crippen LogP contribution is -2.34. The summed E-state index contributed by atoms with van der Waals surface area (Å²) in [6, 6.07) is 14.4. The minimum atomic E-state index is -1.01. The number of hydrogen-bond acceptors (Lipinski definition) is 4. The van der Waals surface area contributed by atoms with Gasteiger partial charge in [0.15, 0.2) is 0 Å². The molecule has 2 aromatic rings. The number of urea groups is 1. The number of rotatable bonds is 5. The van der Waals surface area contributed by atoms with Gasteiger partial charge in [0.25, 0.3) is 5.91 Å². The number of amides is 3. The Morgan fingerprint density at radius 3 is 2.37 bits per heavy atom. The fourth-order valence-electron chi connectivity index (χ4n) is 3.03. The fourth-order valence-corrected chi connectivity index (χ4v) is 3.03. The van der Waals surface area contributed by atoms with Gasteiger partial charge in [0.2, 0.25) is 6.10 Å². The van der Waals surface area contributed by atoms with Crippen LogP contribution >= 0.6 is 0 Å². The van der Waals surface area contributed by atoms with Gasteiger partial charge in [-0.15, -0.1) is 0 Å². The van der Waals surface area contributed by atoms with Gasteiger partial charge in [-0.25, -0.2) is 9.59 Å². The number of ether oxygens (including phenoxy) is 1. The third-order valence-corrected chi connectivity index (χ3v) is 4.34. The first kappa shape index (κ1) is 18.4. The van der Waals surface area contributed by atoms with Crippen molar-refractivity contribution in [2.24, 2.45) is 5.73 Å². The van der Waals surface area contributed by atoms with Crippen molar-refractivity contribution >= 4 is 23.6 Å². The summed E-state index contributed by atoms with van der Waals surface area (Å²) in [5, 5.41) is 2.41. The molecule has 2 aromatic carbocycles. The molecule has 1 fully saturated rings. The van der Waals surface area contributed by atoms with Crippen molar-refractivity contribution in [1.82, 2.24) is 4.90 Å². The summed E-state index contributed by atoms with van der Waals surface area (Å²) in [7, 11) is 0. The van der Waals surface area contributed by atoms with Crippen molar-refractivity contribution < 1.29 is 19.1 Å². The first-order chi connectivity index (χ1) is 13.0. The Morgan fingerprint density at radius 2 is 1.70 bits per heavy atom. The topological polar surface area (TPSA) is 102 Å². The summed E-state index contributed by atoms with van der Waals surface area (Å²) < 4.78 is 5.58. The lowest BCUT2D eigenvalue weighted by molar-refractivity contribution is -0.140. The molecule has 1 unspecified atom stereocenters. The molecule has 0 aromatic heterocycles. The molecule has 0 saturated carbocycles. The number of esters is 1. The van der Waals surface area contributed by atoms with E-state index in [-0.39, 0.29) is 11.5 Å². The molecule has 0 radical (unpaired) electrons. The first-order valence-corrected chi connectivity index (χ1v) is 8.76. The van der Waals surface area contributed by atoms with E-state index in [1.807, 2.05) is 6.07 Å². The number of nitrogens with one attached hydrogen (secondary N) is 1. The molecule has 1 heterocycles. The van der Waals surface area contributed by atoms with Crippen molar-refractivity contribution in [3.8, 4) is 0 Å². The van der Waals surface area contributed by atoms with Crippen LogP contribution < -0.4 is 11.1 Å². The smallest absolute Gasteiger partial charge is 0.339 e. The Hall–Kier alpha value is -3.35. The van der Waals surface area contributed by atoms with Gasteiger partial charge < -0.3 is 20.7 Å². The molecular weight excluding hydrogens is 346 g/mol. The molecule has 0 aliphatic carbocycles. The molecule has 7 heteroatoms. The van der Waals surface area contributed by atoms with Crippen LogP contribution in [-0.2, 0) is 9.53 Å². The predicted octanol–water partition coefficient (Wildman–Crippen LogP) is 2.70. The monoisotopic (exact) mass is 367 g/mol. The van der Waals surface area contributed by atoms with Crippen LogP contribution in [0.15, 0.2) is 54.6 Å². The molecule has 7 nitrogen and oxygen atoms in total. The summed E-state index contributed by atoms with van der Waals surface area (Å²) >= 11 is 0. The maximum Gasteiger partial charge on any atom is 0.339 e. The van der Waals surface area contributed by atoms with E-state index in [1.165, 1.54) is 6.07 Å². The van der Waals surface area contributed by atoms with Crippen LogP contribution in [0.2, 0.25) is 0 Å². The minimum Gasteiger partial charge on any atom is -0.444 e. The second kappa shape index (κ2) is 8.35. The van der Waals surface area contributed by atoms with Crippen molar-refractivity contribution in [2.45, 2.75) is 18.9 Å². The molecule has 0 bridgehead atoms. The van der Waals surface area contributed by atoms with Gasteiger partial charge in [-0.2, -0.15) is 0 Å². The van der Waals surface area contributed by atoms with E-state index in [9.17, 15) is 14.4 Å². The highest BCUT2D eigenvalue weighted by molar-refractivity contribution is 5.95. The van der Waals surface area contributed by atoms with Crippen molar-refractivity contribution in [2.75, 3.05) is 18.4 Å². The largest absolute Gasteiger partial charge is 0.444 e. The van der Waals surface area contributed by atoms with Crippen LogP contribution in [0.1, 0.15) is 34.9 Å². The number of benzene rings is 2. The maximum absolute atomic E-state index is 12.9. The van der Waals surface area contributed by atoms with Gasteiger partial charge in [-0.05, 0) is 31.0 Å². The second-order valence-electron chi connectivity index (χ2n) is 6.30. The highest BCUT2D eigenvalue weighted by Crippen LogP contribution is 2.24. The number of hydrogen-bond donors (Lipinski definition) is 2. The Balaban J connectivity index is 1.82. The normalized spacial score (nSPS) is 14.4. The van der Waals surface area contributed by atoms with Crippen LogP contribution in [0.3, 0.4) is 0 Å². The maximum atomic E-state index is 12.9. The van der Waals surface area contributed by atoms with Crippen LogP contribution in [0, 0.1) is 0 Å². The van der Waals surface area contributed by atoms with Crippen molar-refractivity contribution in [1.29, 1.82) is 0 Å². The fraction of sp³-hybridized carbons (Fsp3) is 0.250. The molecule has 27 heavy (non-hydrogen) atoms. The molecule has 3 rings (SSSR count). The van der Waals surface area contributed by atoms with Gasteiger partial charge in [0.05, 0.1) is 5.56 Å². The zero-order valence-corrected chi connectivity index (χ0v) is 14.8. The zero-order chi connectivity index (χ0) is 19.2. The average molecular weight is 367 g/mol. The SMILES string of the molecule is NC(=O)Nc1cccc(C(=O)OC(C(=O)N2CCCC2)c2ccccc2)c1. The van der Waals surface area contributed by atoms with Gasteiger partial charge in [-0.3, -0.25) is 4.79 Å². The Kier molecular flexibility index (Phi) is 5.71. The summed E-state index contributed by atoms with van der Waals surface area (Å²) in [6.45, 7) is 1.33. The van der Waals surface area contributed by atoms with Crippen LogP contribution in [0.5, 0.6) is 0 Å². The third-order valence-electron chi connectivity index (χ3n) is 4.34. The molecule has 1 aliphatic rings. The molecular formula is C20H21N3O4. The van der Waals surface area contributed by atoms with Gasteiger partial charge >= 0.3 is 12.0 Å². The van der Waals surface area contributed by atoms with E-state index in [0.29, 0.717) is 24.3 Å². The van der Waals surface area contributed by atoms with Crippen LogP contribution in [0.4, 0.5) is 10.5 Å². The quantitative estimate of drug-likeness (QED) is 0.793. The van der Waals surface area contributed by atoms with Gasteiger partial charge in [-0.1, -0.05) is 36.4 Å². The molecule has 3 amide bonds. The van der Waals surface area contributed by atoms with Crippen molar-refractivity contribution in [3.05, 3.63) is 65.7 Å². The Morgan fingerprint density at radius 1 is 1.00 bits per heavy atom. The van der Waals surface area contributed by atoms with E-state index >= 15 is 0 Å². The van der Waals surface area contributed by atoms with E-state index in [1.54, 1.807) is 47.4 Å². The Labute approximate surface area is 157 Å². The highest BCUT2D eigenvalue weighted by Gasteiger charge is 2.31. The molecule has 140 valence electrons. The molecule has 1 aliphatic heterocycles. The minimum absolute atomic E-state index is 0.219. The number of nitrogens with zero attached hydrogens (tertiary/aromatic N) is 1. The van der Waals surface area contributed by atoms with E-state index in [2.05, 4.69) is 5.32 Å². The van der Waals surface area contributed by atoms with Crippen molar-refractivity contribution in [3.63, 3.8) is 0 Å². The van der Waals surface area contributed by atoms with E-state index in [0.717, 1.165) is 12.8 Å². The van der Waals surface area contributed by atoms with Crippen LogP contribution in [0.25, 0.3) is 0 Å². The molecule has 0 spiro atoms. The summed E-state index contributed by atoms with van der Waals surface area (Å²) in [4.78, 5) is 38.3. The summed E-state index contributed by atoms with van der Waals surface area (Å²) in [5.74, 6) is -0.872. The van der Waals surface area contributed by atoms with E-state index in [4.69, 9.17) is 10.5 Å². The standard InChI is InChI=1S/C20H21N3O4/c21-20(26)22-16-10-6-9-15(13-16)19(25)27-17(14-7-2-1-3-8-14)18(24)23-11-4-5-12-23/h1-3,6-10,13,17H,4-5,11-12H2,(H3,21,22,26). The number of likely N-dealkylation sites (tertiary alicyclic amines) is 1. The second-order valence-corrected chi connectivity index (χ2v) is 6.30. The number of primary amides is 1. The Bertz CT molecular complexity index is 832. The first-order valence-electron chi connectivity index (χ1n) is 8.76. The number of anilines is 1. The summed E-state index contributed by atoms with van der Waals surface area (Å²) in [5.41, 5.74) is 6.31. The number of carbonyl (C=O) groups excluding carboxylic acids is 3. The highest BCUT2D eigenvalue weighted by atomic mass is 16.5. The van der Waals surface area contributed by atoms with Gasteiger partial charge in [0.1, 0.15) is 0 Å². The van der Waals surface area contributed by atoms with Gasteiger partial charge in [0, 0.05) is 24.3 Å². The lowest BCUT2D eigenvalue weighted by Gasteiger charge is -2.23. The van der Waals surface area contributed by atoms with E-state index < -0.39 is 18.1 Å². The molecule has 3 N–H and O–H groups in total. The zero-order valence-electron chi connectivity index (χ0n) is 14.8. The number of nitrogens with two attached hydrogens (primary N) is 1.